The first-order valence-corrected chi connectivity index (χ1v) is 8.46. The van der Waals surface area contributed by atoms with Crippen molar-refractivity contribution in [2.45, 2.75) is 25.8 Å². The molecule has 4 heteroatoms. The molecule has 2 aromatic carbocycles. The third-order valence-electron chi connectivity index (χ3n) is 4.20. The number of benzene rings is 2. The summed E-state index contributed by atoms with van der Waals surface area (Å²) in [6.07, 6.45) is 0.983. The van der Waals surface area contributed by atoms with Crippen LogP contribution in [0.15, 0.2) is 48.5 Å². The molecule has 1 aliphatic rings. The fourth-order valence-corrected chi connectivity index (χ4v) is 3.14. The lowest BCUT2D eigenvalue weighted by Gasteiger charge is -2.42. The Kier molecular flexibility index (Phi) is 4.84. The van der Waals surface area contributed by atoms with Gasteiger partial charge in [0.25, 0.3) is 0 Å². The maximum absolute atomic E-state index is 5.84. The summed E-state index contributed by atoms with van der Waals surface area (Å²) in [4.78, 5) is 2.45. The Bertz CT molecular complexity index is 668. The molecule has 4 nitrogen and oxygen atoms in total. The number of ether oxygens (including phenoxy) is 2. The number of fused-ring (bicyclic) bond motifs is 1. The van der Waals surface area contributed by atoms with Crippen molar-refractivity contribution in [2.24, 2.45) is 0 Å². The second-order valence-electron chi connectivity index (χ2n) is 6.83. The quantitative estimate of drug-likeness (QED) is 0.808. The molecule has 0 fully saturated rings. The highest BCUT2D eigenvalue weighted by molar-refractivity contribution is 5.73. The average Bonchev–Trinajstić information content (AvgIpc) is 2.58. The molecule has 0 amide bonds. The third kappa shape index (κ3) is 3.94. The Morgan fingerprint density at radius 2 is 1.75 bits per heavy atom. The molecule has 128 valence electrons. The first-order valence-electron chi connectivity index (χ1n) is 8.46. The zero-order valence-corrected chi connectivity index (χ0v) is 14.7. The van der Waals surface area contributed by atoms with Crippen molar-refractivity contribution in [1.29, 1.82) is 0 Å². The van der Waals surface area contributed by atoms with E-state index in [-0.39, 0.29) is 5.54 Å². The number of nitrogens with one attached hydrogen (secondary N) is 1. The first kappa shape index (κ1) is 16.5. The number of hydrogen-bond donors (Lipinski definition) is 1. The molecule has 0 saturated heterocycles. The second kappa shape index (κ2) is 7.04. The largest absolute Gasteiger partial charge is 0.497 e. The Balaban J connectivity index is 1.54. The maximum atomic E-state index is 5.84. The highest BCUT2D eigenvalue weighted by Gasteiger charge is 2.28. The van der Waals surface area contributed by atoms with Gasteiger partial charge in [0.15, 0.2) is 0 Å². The zero-order chi connectivity index (χ0) is 17.0. The molecule has 0 bridgehead atoms. The molecule has 0 radical (unpaired) electrons. The summed E-state index contributed by atoms with van der Waals surface area (Å²) in [7, 11) is 1.67. The van der Waals surface area contributed by atoms with Crippen LogP contribution in [0.5, 0.6) is 11.5 Å². The summed E-state index contributed by atoms with van der Waals surface area (Å²) < 4.78 is 11.0. The Hall–Kier alpha value is -2.36. The minimum absolute atomic E-state index is 0.0746. The molecule has 1 N–H and O–H groups in total. The maximum Gasteiger partial charge on any atom is 0.119 e. The number of hydrogen-bond acceptors (Lipinski definition) is 4. The molecule has 2 aromatic rings. The first-order chi connectivity index (χ1) is 11.6. The molecular weight excluding hydrogens is 300 g/mol. The molecule has 0 atom stereocenters. The lowest BCUT2D eigenvalue weighted by Crippen LogP contribution is -2.48. The van der Waals surface area contributed by atoms with Crippen molar-refractivity contribution in [3.8, 4) is 11.5 Å². The van der Waals surface area contributed by atoms with Crippen molar-refractivity contribution in [1.82, 2.24) is 0 Å². The van der Waals surface area contributed by atoms with Crippen LogP contribution in [0, 0.1) is 0 Å². The Morgan fingerprint density at radius 1 is 1.04 bits per heavy atom. The predicted octanol–water partition coefficient (Wildman–Crippen LogP) is 4.17. The minimum Gasteiger partial charge on any atom is -0.497 e. The van der Waals surface area contributed by atoms with Crippen LogP contribution in [0.3, 0.4) is 0 Å². The molecule has 0 aliphatic carbocycles. The normalized spacial score (nSPS) is 15.4. The predicted molar refractivity (Wildman–Crippen MR) is 99.5 cm³/mol. The summed E-state index contributed by atoms with van der Waals surface area (Å²) in [5, 5.41) is 3.61. The van der Waals surface area contributed by atoms with Gasteiger partial charge in [0.1, 0.15) is 11.5 Å². The van der Waals surface area contributed by atoms with Crippen LogP contribution in [0.4, 0.5) is 11.4 Å². The van der Waals surface area contributed by atoms with E-state index in [4.69, 9.17) is 9.47 Å². The van der Waals surface area contributed by atoms with E-state index in [9.17, 15) is 0 Å². The number of para-hydroxylation sites is 2. The number of anilines is 2. The fraction of sp³-hybridized carbons (Fsp3) is 0.400. The lowest BCUT2D eigenvalue weighted by atomic mass is 9.99. The van der Waals surface area contributed by atoms with Crippen molar-refractivity contribution in [2.75, 3.05) is 37.0 Å². The molecule has 0 spiro atoms. The standard InChI is InChI=1S/C20H26N2O2/c1-20(2)15-22(19-8-5-4-7-18(19)21-20)13-6-14-24-17-11-9-16(23-3)10-12-17/h4-5,7-12,21H,6,13-15H2,1-3H3. The molecule has 0 unspecified atom stereocenters. The summed E-state index contributed by atoms with van der Waals surface area (Å²) in [5.41, 5.74) is 2.57. The van der Waals surface area contributed by atoms with Crippen LogP contribution in [0.1, 0.15) is 20.3 Å². The minimum atomic E-state index is 0.0746. The van der Waals surface area contributed by atoms with Crippen LogP contribution < -0.4 is 19.7 Å². The van der Waals surface area contributed by atoms with Crippen LogP contribution in [-0.2, 0) is 0 Å². The van der Waals surface area contributed by atoms with E-state index in [2.05, 4.69) is 48.3 Å². The number of methoxy groups -OCH3 is 1. The van der Waals surface area contributed by atoms with Crippen molar-refractivity contribution >= 4 is 11.4 Å². The van der Waals surface area contributed by atoms with Crippen molar-refractivity contribution in [3.63, 3.8) is 0 Å². The second-order valence-corrected chi connectivity index (χ2v) is 6.83. The van der Waals surface area contributed by atoms with E-state index >= 15 is 0 Å². The van der Waals surface area contributed by atoms with Gasteiger partial charge in [-0.2, -0.15) is 0 Å². The number of nitrogens with zero attached hydrogens (tertiary/aromatic N) is 1. The van der Waals surface area contributed by atoms with Gasteiger partial charge in [-0.05, 0) is 56.7 Å². The van der Waals surface area contributed by atoms with Gasteiger partial charge in [0.2, 0.25) is 0 Å². The molecular formula is C20H26N2O2. The molecule has 0 saturated carbocycles. The van der Waals surface area contributed by atoms with Gasteiger partial charge in [0.05, 0.1) is 25.1 Å². The summed E-state index contributed by atoms with van der Waals surface area (Å²) in [6.45, 7) is 7.16. The van der Waals surface area contributed by atoms with Gasteiger partial charge < -0.3 is 19.7 Å². The van der Waals surface area contributed by atoms with Crippen LogP contribution in [0.25, 0.3) is 0 Å². The SMILES string of the molecule is COc1ccc(OCCCN2CC(C)(C)Nc3ccccc32)cc1. The Labute approximate surface area is 144 Å². The van der Waals surface area contributed by atoms with E-state index in [1.807, 2.05) is 24.3 Å². The Morgan fingerprint density at radius 3 is 2.50 bits per heavy atom. The van der Waals surface area contributed by atoms with Crippen LogP contribution >= 0.6 is 0 Å². The van der Waals surface area contributed by atoms with Crippen LogP contribution in [0.2, 0.25) is 0 Å². The van der Waals surface area contributed by atoms with E-state index < -0.39 is 0 Å². The van der Waals surface area contributed by atoms with E-state index in [1.54, 1.807) is 7.11 Å². The monoisotopic (exact) mass is 326 g/mol. The molecule has 1 aliphatic heterocycles. The van der Waals surface area contributed by atoms with E-state index in [0.717, 1.165) is 31.0 Å². The molecule has 24 heavy (non-hydrogen) atoms. The smallest absolute Gasteiger partial charge is 0.119 e. The zero-order valence-electron chi connectivity index (χ0n) is 14.7. The molecule has 3 rings (SSSR count). The van der Waals surface area contributed by atoms with E-state index in [1.165, 1.54) is 11.4 Å². The van der Waals surface area contributed by atoms with Crippen molar-refractivity contribution in [3.05, 3.63) is 48.5 Å². The molecule has 1 heterocycles. The third-order valence-corrected chi connectivity index (χ3v) is 4.20. The average molecular weight is 326 g/mol. The van der Waals surface area contributed by atoms with Gasteiger partial charge in [-0.3, -0.25) is 0 Å². The highest BCUT2D eigenvalue weighted by atomic mass is 16.5. The fourth-order valence-electron chi connectivity index (χ4n) is 3.14. The highest BCUT2D eigenvalue weighted by Crippen LogP contribution is 2.34. The van der Waals surface area contributed by atoms with Crippen molar-refractivity contribution < 1.29 is 9.47 Å². The van der Waals surface area contributed by atoms with Gasteiger partial charge in [-0.1, -0.05) is 12.1 Å². The summed E-state index contributed by atoms with van der Waals surface area (Å²) >= 11 is 0. The van der Waals surface area contributed by atoms with Gasteiger partial charge in [-0.25, -0.2) is 0 Å². The summed E-state index contributed by atoms with van der Waals surface area (Å²) in [5.74, 6) is 1.74. The number of rotatable bonds is 6. The summed E-state index contributed by atoms with van der Waals surface area (Å²) in [6, 6.07) is 16.2. The lowest BCUT2D eigenvalue weighted by molar-refractivity contribution is 0.309. The molecule has 0 aromatic heterocycles. The van der Waals surface area contributed by atoms with Gasteiger partial charge in [0, 0.05) is 18.6 Å². The van der Waals surface area contributed by atoms with Gasteiger partial charge >= 0.3 is 0 Å². The van der Waals surface area contributed by atoms with E-state index in [0.29, 0.717) is 6.61 Å². The van der Waals surface area contributed by atoms with Gasteiger partial charge in [-0.15, -0.1) is 0 Å². The topological polar surface area (TPSA) is 33.7 Å². The van der Waals surface area contributed by atoms with Crippen LogP contribution in [-0.4, -0.2) is 32.3 Å².